The summed E-state index contributed by atoms with van der Waals surface area (Å²) in [5.41, 5.74) is 6.87. The lowest BCUT2D eigenvalue weighted by Crippen LogP contribution is -2.52. The average molecular weight is 324 g/mol. The molecule has 5 nitrogen and oxygen atoms in total. The minimum Gasteiger partial charge on any atom is -0.490 e. The molecular formula is C16H22ClN3O2. The number of carbonyl (C=O) groups excluding carboxylic acids is 1. The molecule has 22 heavy (non-hydrogen) atoms. The molecular weight excluding hydrogens is 302 g/mol. The van der Waals surface area contributed by atoms with Crippen LogP contribution in [0.25, 0.3) is 0 Å². The van der Waals surface area contributed by atoms with Crippen LogP contribution in [-0.4, -0.2) is 49.1 Å². The summed E-state index contributed by atoms with van der Waals surface area (Å²) < 4.78 is 5.63. The monoisotopic (exact) mass is 323 g/mol. The van der Waals surface area contributed by atoms with Crippen molar-refractivity contribution in [1.82, 2.24) is 4.90 Å². The summed E-state index contributed by atoms with van der Waals surface area (Å²) in [5, 5.41) is 0.652. The molecule has 1 fully saturated rings. The van der Waals surface area contributed by atoms with Crippen molar-refractivity contribution in [2.24, 2.45) is 5.73 Å². The van der Waals surface area contributed by atoms with Crippen molar-refractivity contribution in [2.75, 3.05) is 31.1 Å². The van der Waals surface area contributed by atoms with Crippen LogP contribution in [0.4, 0.5) is 5.69 Å². The fraction of sp³-hybridized carbons (Fsp3) is 0.562. The number of nitrogens with two attached hydrogens (primary N) is 1. The van der Waals surface area contributed by atoms with E-state index in [1.807, 2.05) is 21.9 Å². The van der Waals surface area contributed by atoms with E-state index in [4.69, 9.17) is 22.1 Å². The zero-order valence-electron chi connectivity index (χ0n) is 12.8. The van der Waals surface area contributed by atoms with Crippen LogP contribution in [0, 0.1) is 0 Å². The first-order valence-corrected chi connectivity index (χ1v) is 8.14. The summed E-state index contributed by atoms with van der Waals surface area (Å²) in [6.07, 6.45) is 1.75. The number of rotatable bonds is 2. The Hall–Kier alpha value is -1.46. The Balaban J connectivity index is 1.71. The van der Waals surface area contributed by atoms with Crippen LogP contribution >= 0.6 is 11.6 Å². The van der Waals surface area contributed by atoms with Gasteiger partial charge in [-0.15, -0.1) is 0 Å². The van der Waals surface area contributed by atoms with E-state index in [9.17, 15) is 4.79 Å². The number of benzene rings is 1. The lowest BCUT2D eigenvalue weighted by molar-refractivity contribution is -0.133. The predicted molar refractivity (Wildman–Crippen MR) is 87.5 cm³/mol. The maximum absolute atomic E-state index is 12.6. The van der Waals surface area contributed by atoms with Gasteiger partial charge >= 0.3 is 0 Å². The SMILES string of the molecule is C[C@H]1C[C@H](N)CCN1C(=O)CN1CCOc2ccc(Cl)cc21. The molecule has 1 aromatic carbocycles. The summed E-state index contributed by atoms with van der Waals surface area (Å²) >= 11 is 6.07. The highest BCUT2D eigenvalue weighted by atomic mass is 35.5. The molecule has 120 valence electrons. The van der Waals surface area contributed by atoms with Gasteiger partial charge in [-0.25, -0.2) is 0 Å². The number of fused-ring (bicyclic) bond motifs is 1. The van der Waals surface area contributed by atoms with Gasteiger partial charge in [0.25, 0.3) is 0 Å². The first kappa shape index (κ1) is 15.4. The van der Waals surface area contributed by atoms with E-state index >= 15 is 0 Å². The van der Waals surface area contributed by atoms with Crippen molar-refractivity contribution in [3.05, 3.63) is 23.2 Å². The first-order valence-electron chi connectivity index (χ1n) is 7.77. The van der Waals surface area contributed by atoms with Gasteiger partial charge in [-0.05, 0) is 38.0 Å². The number of anilines is 1. The first-order chi connectivity index (χ1) is 10.5. The second-order valence-corrected chi connectivity index (χ2v) is 6.54. The predicted octanol–water partition coefficient (Wildman–Crippen LogP) is 1.88. The van der Waals surface area contributed by atoms with E-state index in [2.05, 4.69) is 6.92 Å². The molecule has 1 aromatic rings. The fourth-order valence-corrected chi connectivity index (χ4v) is 3.41. The largest absolute Gasteiger partial charge is 0.490 e. The molecule has 2 aliphatic rings. The third-order valence-corrected chi connectivity index (χ3v) is 4.68. The van der Waals surface area contributed by atoms with Gasteiger partial charge in [0.15, 0.2) is 0 Å². The molecule has 0 aromatic heterocycles. The summed E-state index contributed by atoms with van der Waals surface area (Å²) in [5.74, 6) is 0.935. The highest BCUT2D eigenvalue weighted by Crippen LogP contribution is 2.34. The summed E-state index contributed by atoms with van der Waals surface area (Å²) in [4.78, 5) is 16.6. The van der Waals surface area contributed by atoms with E-state index in [1.54, 1.807) is 6.07 Å². The Labute approximate surface area is 136 Å². The van der Waals surface area contributed by atoms with Crippen molar-refractivity contribution >= 4 is 23.2 Å². The number of amides is 1. The third kappa shape index (κ3) is 3.15. The molecule has 0 spiro atoms. The molecule has 0 bridgehead atoms. The van der Waals surface area contributed by atoms with Crippen LogP contribution in [0.1, 0.15) is 19.8 Å². The summed E-state index contributed by atoms with van der Waals surface area (Å²) in [7, 11) is 0. The van der Waals surface area contributed by atoms with Gasteiger partial charge in [0.2, 0.25) is 5.91 Å². The van der Waals surface area contributed by atoms with Gasteiger partial charge in [-0.1, -0.05) is 11.6 Å². The quantitative estimate of drug-likeness (QED) is 0.902. The van der Waals surface area contributed by atoms with Gasteiger partial charge in [0.1, 0.15) is 12.4 Å². The molecule has 0 radical (unpaired) electrons. The molecule has 1 amide bonds. The molecule has 2 aliphatic heterocycles. The van der Waals surface area contributed by atoms with E-state index in [-0.39, 0.29) is 18.0 Å². The van der Waals surface area contributed by atoms with E-state index in [1.165, 1.54) is 0 Å². The number of likely N-dealkylation sites (tertiary alicyclic amines) is 1. The van der Waals surface area contributed by atoms with E-state index in [0.717, 1.165) is 30.8 Å². The topological polar surface area (TPSA) is 58.8 Å². The van der Waals surface area contributed by atoms with Crippen molar-refractivity contribution in [3.63, 3.8) is 0 Å². The minimum atomic E-state index is 0.146. The summed E-state index contributed by atoms with van der Waals surface area (Å²) in [6.45, 7) is 4.45. The van der Waals surface area contributed by atoms with Gasteiger partial charge in [0, 0.05) is 23.7 Å². The Bertz CT molecular complexity index is 566. The number of nitrogens with zero attached hydrogens (tertiary/aromatic N) is 2. The molecule has 6 heteroatoms. The summed E-state index contributed by atoms with van der Waals surface area (Å²) in [6, 6.07) is 5.94. The molecule has 2 atom stereocenters. The van der Waals surface area contributed by atoms with Crippen LogP contribution in [0.15, 0.2) is 18.2 Å². The van der Waals surface area contributed by atoms with E-state index in [0.29, 0.717) is 24.7 Å². The standard InChI is InChI=1S/C16H22ClN3O2/c1-11-8-13(18)4-5-20(11)16(21)10-19-6-7-22-15-3-2-12(17)9-14(15)19/h2-3,9,11,13H,4-8,10,18H2,1H3/t11-,13+/m0/s1. The average Bonchev–Trinajstić information content (AvgIpc) is 2.47. The number of halogens is 1. The molecule has 2 N–H and O–H groups in total. The van der Waals surface area contributed by atoms with Gasteiger partial charge < -0.3 is 20.3 Å². The number of ether oxygens (including phenoxy) is 1. The second-order valence-electron chi connectivity index (χ2n) is 6.10. The van der Waals surface area contributed by atoms with Crippen molar-refractivity contribution in [2.45, 2.75) is 31.8 Å². The molecule has 3 rings (SSSR count). The maximum Gasteiger partial charge on any atom is 0.242 e. The zero-order chi connectivity index (χ0) is 15.7. The molecule has 0 unspecified atom stereocenters. The van der Waals surface area contributed by atoms with Crippen molar-refractivity contribution in [3.8, 4) is 5.75 Å². The molecule has 0 saturated carbocycles. The minimum absolute atomic E-state index is 0.146. The maximum atomic E-state index is 12.6. The fourth-order valence-electron chi connectivity index (χ4n) is 3.24. The smallest absolute Gasteiger partial charge is 0.242 e. The number of hydrogen-bond acceptors (Lipinski definition) is 4. The molecule has 1 saturated heterocycles. The van der Waals surface area contributed by atoms with Gasteiger partial charge in [-0.2, -0.15) is 0 Å². The Morgan fingerprint density at radius 2 is 2.27 bits per heavy atom. The van der Waals surface area contributed by atoms with Crippen molar-refractivity contribution in [1.29, 1.82) is 0 Å². The molecule has 0 aliphatic carbocycles. The van der Waals surface area contributed by atoms with Gasteiger partial charge in [0.05, 0.1) is 18.8 Å². The highest BCUT2D eigenvalue weighted by molar-refractivity contribution is 6.31. The van der Waals surface area contributed by atoms with Gasteiger partial charge in [-0.3, -0.25) is 4.79 Å². The third-order valence-electron chi connectivity index (χ3n) is 4.44. The second kappa shape index (κ2) is 6.34. The lowest BCUT2D eigenvalue weighted by Gasteiger charge is -2.38. The highest BCUT2D eigenvalue weighted by Gasteiger charge is 2.29. The van der Waals surface area contributed by atoms with Crippen LogP contribution < -0.4 is 15.4 Å². The Morgan fingerprint density at radius 1 is 1.45 bits per heavy atom. The lowest BCUT2D eigenvalue weighted by atomic mass is 9.99. The van der Waals surface area contributed by atoms with Crippen molar-refractivity contribution < 1.29 is 9.53 Å². The normalized spacial score (nSPS) is 24.7. The van der Waals surface area contributed by atoms with Crippen LogP contribution in [0.2, 0.25) is 5.02 Å². The Morgan fingerprint density at radius 3 is 3.05 bits per heavy atom. The van der Waals surface area contributed by atoms with Crippen LogP contribution in [-0.2, 0) is 4.79 Å². The van der Waals surface area contributed by atoms with Crippen LogP contribution in [0.3, 0.4) is 0 Å². The number of hydrogen-bond donors (Lipinski definition) is 1. The Kier molecular flexibility index (Phi) is 4.45. The zero-order valence-corrected chi connectivity index (χ0v) is 13.6. The van der Waals surface area contributed by atoms with E-state index < -0.39 is 0 Å². The number of carbonyl (C=O) groups is 1. The number of piperidine rings is 1. The van der Waals surface area contributed by atoms with Crippen LogP contribution in [0.5, 0.6) is 5.75 Å². The molecule has 2 heterocycles.